The Hall–Kier alpha value is -1.47. The Morgan fingerprint density at radius 3 is 2.86 bits per heavy atom. The quantitative estimate of drug-likeness (QED) is 0.572. The van der Waals surface area contributed by atoms with E-state index in [-0.39, 0.29) is 0 Å². The van der Waals surface area contributed by atoms with Crippen LogP contribution in [0.25, 0.3) is 0 Å². The Kier molecular flexibility index (Phi) is 3.15. The molecule has 0 atom stereocenters. The summed E-state index contributed by atoms with van der Waals surface area (Å²) in [6.07, 6.45) is -1.31. The van der Waals surface area contributed by atoms with Crippen molar-refractivity contribution in [2.45, 2.75) is 19.4 Å². The Morgan fingerprint density at radius 1 is 1.64 bits per heavy atom. The minimum atomic E-state index is -1.31. The first-order chi connectivity index (χ1) is 6.49. The molecule has 0 spiro atoms. The van der Waals surface area contributed by atoms with Gasteiger partial charge in [-0.15, -0.1) is 0 Å². The minimum Gasteiger partial charge on any atom is -0.450 e. The molecule has 74 valence electrons. The number of hydrogen-bond acceptors (Lipinski definition) is 3. The number of thiophene rings is 1. The predicted molar refractivity (Wildman–Crippen MR) is 54.4 cm³/mol. The van der Waals surface area contributed by atoms with Crippen molar-refractivity contribution in [3.8, 4) is 11.8 Å². The summed E-state index contributed by atoms with van der Waals surface area (Å²) in [6, 6.07) is 1.87. The zero-order chi connectivity index (χ0) is 10.6. The van der Waals surface area contributed by atoms with Gasteiger partial charge >= 0.3 is 6.16 Å². The molecule has 0 unspecified atom stereocenters. The normalized spacial score (nSPS) is 10.1. The Morgan fingerprint density at radius 2 is 2.36 bits per heavy atom. The summed E-state index contributed by atoms with van der Waals surface area (Å²) in [5.41, 5.74) is -0.0922. The van der Waals surface area contributed by atoms with Crippen molar-refractivity contribution in [1.29, 1.82) is 0 Å². The van der Waals surface area contributed by atoms with Gasteiger partial charge in [0.1, 0.15) is 0 Å². The van der Waals surface area contributed by atoms with E-state index in [1.54, 1.807) is 25.2 Å². The number of ether oxygens (including phenoxy) is 1. The molecule has 1 heterocycles. The largest absolute Gasteiger partial charge is 0.507 e. The summed E-state index contributed by atoms with van der Waals surface area (Å²) < 4.78 is 4.58. The van der Waals surface area contributed by atoms with Gasteiger partial charge in [-0.1, -0.05) is 11.8 Å². The SMILES string of the molecule is CC(C)(C#Cc1ccsc1)OC(=O)O. The molecule has 0 aliphatic heterocycles. The van der Waals surface area contributed by atoms with Crippen LogP contribution in [0.15, 0.2) is 16.8 Å². The summed E-state index contributed by atoms with van der Waals surface area (Å²) >= 11 is 1.54. The molecular weight excluding hydrogens is 200 g/mol. The maximum Gasteiger partial charge on any atom is 0.507 e. The van der Waals surface area contributed by atoms with Crippen LogP contribution < -0.4 is 0 Å². The van der Waals surface area contributed by atoms with Gasteiger partial charge in [0.05, 0.1) is 0 Å². The number of carbonyl (C=O) groups is 1. The maximum atomic E-state index is 10.3. The van der Waals surface area contributed by atoms with Crippen LogP contribution in [0, 0.1) is 11.8 Å². The first-order valence-corrected chi connectivity index (χ1v) is 4.91. The molecule has 1 N–H and O–H groups in total. The molecule has 0 amide bonds. The van der Waals surface area contributed by atoms with E-state index in [9.17, 15) is 4.79 Å². The third-order valence-electron chi connectivity index (χ3n) is 1.37. The molecule has 3 nitrogen and oxygen atoms in total. The van der Waals surface area contributed by atoms with Crippen molar-refractivity contribution in [2.24, 2.45) is 0 Å². The second kappa shape index (κ2) is 4.16. The highest BCUT2D eigenvalue weighted by molar-refractivity contribution is 7.08. The fourth-order valence-electron chi connectivity index (χ4n) is 0.802. The lowest BCUT2D eigenvalue weighted by Gasteiger charge is -2.15. The first-order valence-electron chi connectivity index (χ1n) is 3.97. The van der Waals surface area contributed by atoms with Crippen molar-refractivity contribution in [2.75, 3.05) is 0 Å². The molecule has 0 saturated heterocycles. The smallest absolute Gasteiger partial charge is 0.450 e. The van der Waals surface area contributed by atoms with Gasteiger partial charge in [0.15, 0.2) is 5.60 Å². The van der Waals surface area contributed by atoms with Crippen molar-refractivity contribution in [3.05, 3.63) is 22.4 Å². The van der Waals surface area contributed by atoms with E-state index in [2.05, 4.69) is 16.6 Å². The molecule has 0 aliphatic carbocycles. The molecule has 0 saturated carbocycles. The molecule has 4 heteroatoms. The molecule has 0 bridgehead atoms. The number of hydrogen-bond donors (Lipinski definition) is 1. The van der Waals surface area contributed by atoms with Crippen LogP contribution in [-0.4, -0.2) is 16.9 Å². The number of carboxylic acid groups (broad SMARTS) is 1. The molecule has 1 aromatic rings. The monoisotopic (exact) mass is 210 g/mol. The Balaban J connectivity index is 2.71. The fraction of sp³-hybridized carbons (Fsp3) is 0.300. The van der Waals surface area contributed by atoms with Crippen LogP contribution in [-0.2, 0) is 4.74 Å². The lowest BCUT2D eigenvalue weighted by Crippen LogP contribution is -2.25. The highest BCUT2D eigenvalue weighted by Gasteiger charge is 2.18. The fourth-order valence-corrected chi connectivity index (χ4v) is 1.39. The number of rotatable bonds is 1. The van der Waals surface area contributed by atoms with Gasteiger partial charge < -0.3 is 9.84 Å². The van der Waals surface area contributed by atoms with Gasteiger partial charge in [-0.2, -0.15) is 11.3 Å². The molecule has 0 radical (unpaired) electrons. The highest BCUT2D eigenvalue weighted by Crippen LogP contribution is 2.09. The van der Waals surface area contributed by atoms with Crippen LogP contribution in [0.1, 0.15) is 19.4 Å². The highest BCUT2D eigenvalue weighted by atomic mass is 32.1. The topological polar surface area (TPSA) is 46.5 Å². The molecule has 0 fully saturated rings. The molecule has 1 rings (SSSR count). The van der Waals surface area contributed by atoms with Gasteiger partial charge in [-0.25, -0.2) is 4.79 Å². The van der Waals surface area contributed by atoms with Crippen molar-refractivity contribution in [3.63, 3.8) is 0 Å². The van der Waals surface area contributed by atoms with Crippen molar-refractivity contribution < 1.29 is 14.6 Å². The van der Waals surface area contributed by atoms with Gasteiger partial charge in [0, 0.05) is 10.9 Å². The molecule has 1 aromatic heterocycles. The zero-order valence-electron chi connectivity index (χ0n) is 7.90. The van der Waals surface area contributed by atoms with Gasteiger partial charge in [0.2, 0.25) is 0 Å². The molecular formula is C10H10O3S. The van der Waals surface area contributed by atoms with E-state index in [4.69, 9.17) is 5.11 Å². The average Bonchev–Trinajstić information content (AvgIpc) is 2.50. The second-order valence-corrected chi connectivity index (χ2v) is 3.92. The minimum absolute atomic E-state index is 0.872. The van der Waals surface area contributed by atoms with Gasteiger partial charge in [-0.05, 0) is 25.3 Å². The van der Waals surface area contributed by atoms with Crippen molar-refractivity contribution >= 4 is 17.5 Å². The van der Waals surface area contributed by atoms with Crippen molar-refractivity contribution in [1.82, 2.24) is 0 Å². The van der Waals surface area contributed by atoms with E-state index in [1.807, 2.05) is 16.8 Å². The summed E-state index contributed by atoms with van der Waals surface area (Å²) in [7, 11) is 0. The first kappa shape index (κ1) is 10.6. The summed E-state index contributed by atoms with van der Waals surface area (Å²) in [4.78, 5) is 10.3. The van der Waals surface area contributed by atoms with E-state index < -0.39 is 11.8 Å². The maximum absolute atomic E-state index is 10.3. The van der Waals surface area contributed by atoms with E-state index in [0.29, 0.717) is 0 Å². The lowest BCUT2D eigenvalue weighted by atomic mass is 10.1. The Bertz CT molecular complexity index is 368. The summed E-state index contributed by atoms with van der Waals surface area (Å²) in [5.74, 6) is 5.59. The second-order valence-electron chi connectivity index (χ2n) is 3.14. The van der Waals surface area contributed by atoms with Crippen LogP contribution in [0.4, 0.5) is 4.79 Å². The van der Waals surface area contributed by atoms with Crippen LogP contribution >= 0.6 is 11.3 Å². The van der Waals surface area contributed by atoms with E-state index in [0.717, 1.165) is 5.56 Å². The summed E-state index contributed by atoms with van der Waals surface area (Å²) in [6.45, 7) is 3.22. The third kappa shape index (κ3) is 3.50. The molecule has 0 aromatic carbocycles. The van der Waals surface area contributed by atoms with E-state index >= 15 is 0 Å². The molecule has 0 aliphatic rings. The average molecular weight is 210 g/mol. The standard InChI is InChI=1S/C10H10O3S/c1-10(2,13-9(11)12)5-3-8-4-6-14-7-8/h4,6-7H,1-2H3,(H,11,12). The lowest BCUT2D eigenvalue weighted by molar-refractivity contribution is 0.0356. The zero-order valence-corrected chi connectivity index (χ0v) is 8.72. The van der Waals surface area contributed by atoms with Gasteiger partial charge in [0.25, 0.3) is 0 Å². The molecule has 14 heavy (non-hydrogen) atoms. The van der Waals surface area contributed by atoms with Gasteiger partial charge in [-0.3, -0.25) is 0 Å². The van der Waals surface area contributed by atoms with Crippen LogP contribution in [0.5, 0.6) is 0 Å². The van der Waals surface area contributed by atoms with Crippen LogP contribution in [0.3, 0.4) is 0 Å². The summed E-state index contributed by atoms with van der Waals surface area (Å²) in [5, 5.41) is 12.2. The third-order valence-corrected chi connectivity index (χ3v) is 2.05. The van der Waals surface area contributed by atoms with E-state index in [1.165, 1.54) is 0 Å². The van der Waals surface area contributed by atoms with Crippen LogP contribution in [0.2, 0.25) is 0 Å². The predicted octanol–water partition coefficient (Wildman–Crippen LogP) is 2.57. The Labute approximate surface area is 86.3 Å².